The van der Waals surface area contributed by atoms with E-state index in [2.05, 4.69) is 55.5 Å². The maximum atomic E-state index is 10.2. The highest BCUT2D eigenvalue weighted by Crippen LogP contribution is 2.14. The van der Waals surface area contributed by atoms with Gasteiger partial charge in [0.2, 0.25) is 0 Å². The lowest BCUT2D eigenvalue weighted by molar-refractivity contribution is 0.360. The average Bonchev–Trinajstić information content (AvgIpc) is 2.51. The van der Waals surface area contributed by atoms with E-state index in [4.69, 9.17) is 0 Å². The minimum Gasteiger partial charge on any atom is -0.399 e. The lowest BCUT2D eigenvalue weighted by Crippen LogP contribution is -2.61. The number of unbranched alkanes of at least 4 members (excludes halogenated alkanes) is 1. The molecule has 1 nitrogen and oxygen atoms in total. The Kier molecular flexibility index (Phi) is 4.94. The molecule has 0 heterocycles. The van der Waals surface area contributed by atoms with Crippen LogP contribution in [0.4, 0.5) is 0 Å². The van der Waals surface area contributed by atoms with Crippen molar-refractivity contribution in [2.75, 3.05) is 6.23 Å². The normalized spacial score (nSPS) is 11.5. The first-order valence-corrected chi connectivity index (χ1v) is 9.47. The van der Waals surface area contributed by atoms with Crippen LogP contribution in [-0.4, -0.2) is 19.4 Å². The number of hydrogen-bond donors (Lipinski definition) is 1. The second-order valence-corrected chi connectivity index (χ2v) is 9.21. The van der Waals surface area contributed by atoms with Crippen molar-refractivity contribution in [1.82, 2.24) is 0 Å². The fourth-order valence-electron chi connectivity index (χ4n) is 2.71. The van der Waals surface area contributed by atoms with Crippen LogP contribution in [0.2, 0.25) is 6.04 Å². The molecule has 0 radical (unpaired) electrons. The molecule has 0 fully saturated rings. The van der Waals surface area contributed by atoms with Crippen molar-refractivity contribution in [2.45, 2.75) is 25.8 Å². The zero-order valence-corrected chi connectivity index (χ0v) is 12.5. The molecule has 19 heavy (non-hydrogen) atoms. The van der Waals surface area contributed by atoms with Crippen molar-refractivity contribution in [3.63, 3.8) is 0 Å². The molecule has 1 N–H and O–H groups in total. The van der Waals surface area contributed by atoms with Gasteiger partial charge in [0.25, 0.3) is 0 Å². The molecule has 0 saturated carbocycles. The summed E-state index contributed by atoms with van der Waals surface area (Å²) in [4.78, 5) is 0. The van der Waals surface area contributed by atoms with E-state index in [1.807, 2.05) is 12.1 Å². The lowest BCUT2D eigenvalue weighted by Gasteiger charge is -2.31. The van der Waals surface area contributed by atoms with Gasteiger partial charge in [-0.05, 0) is 6.04 Å². The molecule has 2 heteroatoms. The van der Waals surface area contributed by atoms with Gasteiger partial charge in [-0.2, -0.15) is 0 Å². The third-order valence-electron chi connectivity index (χ3n) is 3.88. The van der Waals surface area contributed by atoms with E-state index in [0.29, 0.717) is 6.23 Å². The van der Waals surface area contributed by atoms with Gasteiger partial charge in [-0.15, -0.1) is 0 Å². The van der Waals surface area contributed by atoms with Crippen LogP contribution in [0.25, 0.3) is 0 Å². The van der Waals surface area contributed by atoms with Crippen LogP contribution < -0.4 is 10.4 Å². The molecule has 0 saturated heterocycles. The standard InChI is InChI=1S/C17H22OSi/c1-2-3-14-19(15-18,16-10-6-4-7-11-16)17-12-8-5-9-13-17/h4-13,18H,2-3,14-15H2,1H3. The summed E-state index contributed by atoms with van der Waals surface area (Å²) in [5.41, 5.74) is 0. The highest BCUT2D eigenvalue weighted by molar-refractivity contribution is 7.02. The van der Waals surface area contributed by atoms with Gasteiger partial charge in [0, 0.05) is 6.23 Å². The van der Waals surface area contributed by atoms with Crippen molar-refractivity contribution < 1.29 is 5.11 Å². The zero-order valence-electron chi connectivity index (χ0n) is 11.5. The molecule has 0 aliphatic carbocycles. The summed E-state index contributed by atoms with van der Waals surface area (Å²) >= 11 is 0. The van der Waals surface area contributed by atoms with Gasteiger partial charge >= 0.3 is 0 Å². The van der Waals surface area contributed by atoms with Crippen LogP contribution in [0.3, 0.4) is 0 Å². The average molecular weight is 270 g/mol. The number of hydrogen-bond acceptors (Lipinski definition) is 1. The molecule has 100 valence electrons. The molecule has 0 aromatic heterocycles. The highest BCUT2D eigenvalue weighted by atomic mass is 28.3. The molecular weight excluding hydrogens is 248 g/mol. The quantitative estimate of drug-likeness (QED) is 0.800. The van der Waals surface area contributed by atoms with Gasteiger partial charge in [-0.1, -0.05) is 90.8 Å². The second-order valence-electron chi connectivity index (χ2n) is 5.08. The van der Waals surface area contributed by atoms with Gasteiger partial charge in [-0.25, -0.2) is 0 Å². The Morgan fingerprint density at radius 3 is 1.68 bits per heavy atom. The van der Waals surface area contributed by atoms with E-state index in [1.165, 1.54) is 23.2 Å². The van der Waals surface area contributed by atoms with Gasteiger partial charge < -0.3 is 5.11 Å². The summed E-state index contributed by atoms with van der Waals surface area (Å²) in [6.07, 6.45) is 2.64. The molecule has 0 spiro atoms. The van der Waals surface area contributed by atoms with E-state index in [1.54, 1.807) is 0 Å². The molecule has 0 aliphatic rings. The molecule has 2 aromatic rings. The summed E-state index contributed by atoms with van der Waals surface area (Å²) in [5, 5.41) is 12.9. The maximum Gasteiger partial charge on any atom is 0.144 e. The molecule has 0 amide bonds. The Morgan fingerprint density at radius 1 is 0.842 bits per heavy atom. The Balaban J connectivity index is 2.48. The number of aliphatic hydroxyl groups excluding tert-OH is 1. The lowest BCUT2D eigenvalue weighted by atomic mass is 10.4. The largest absolute Gasteiger partial charge is 0.399 e. The van der Waals surface area contributed by atoms with E-state index >= 15 is 0 Å². The molecule has 0 unspecified atom stereocenters. The molecule has 0 aliphatic heterocycles. The summed E-state index contributed by atoms with van der Waals surface area (Å²) in [7, 11) is -1.99. The predicted molar refractivity (Wildman–Crippen MR) is 84.7 cm³/mol. The third-order valence-corrected chi connectivity index (χ3v) is 8.50. The first kappa shape index (κ1) is 14.0. The molecule has 2 aromatic carbocycles. The van der Waals surface area contributed by atoms with E-state index in [9.17, 15) is 5.11 Å². The van der Waals surface area contributed by atoms with Gasteiger partial charge in [0.05, 0.1) is 0 Å². The summed E-state index contributed by atoms with van der Waals surface area (Å²) in [6.45, 7) is 2.21. The molecule has 2 rings (SSSR count). The van der Waals surface area contributed by atoms with E-state index in [-0.39, 0.29) is 0 Å². The Morgan fingerprint density at radius 2 is 1.32 bits per heavy atom. The minimum absolute atomic E-state index is 0.293. The van der Waals surface area contributed by atoms with Crippen LogP contribution in [-0.2, 0) is 0 Å². The molecule has 0 atom stereocenters. The molecule has 0 bridgehead atoms. The van der Waals surface area contributed by atoms with Crippen LogP contribution in [0.15, 0.2) is 60.7 Å². The van der Waals surface area contributed by atoms with Crippen molar-refractivity contribution >= 4 is 18.4 Å². The molecular formula is C17H22OSi. The fraction of sp³-hybridized carbons (Fsp3) is 0.294. The number of benzene rings is 2. The van der Waals surface area contributed by atoms with Crippen LogP contribution in [0, 0.1) is 0 Å². The van der Waals surface area contributed by atoms with Crippen molar-refractivity contribution in [3.05, 3.63) is 60.7 Å². The van der Waals surface area contributed by atoms with Gasteiger partial charge in [0.1, 0.15) is 8.07 Å². The van der Waals surface area contributed by atoms with Crippen molar-refractivity contribution in [3.8, 4) is 0 Å². The van der Waals surface area contributed by atoms with Crippen LogP contribution >= 0.6 is 0 Å². The summed E-state index contributed by atoms with van der Waals surface area (Å²) in [6, 6.07) is 22.3. The van der Waals surface area contributed by atoms with Gasteiger partial charge in [0.15, 0.2) is 0 Å². The minimum atomic E-state index is -1.99. The summed E-state index contributed by atoms with van der Waals surface area (Å²) in [5.74, 6) is 0. The maximum absolute atomic E-state index is 10.2. The Hall–Kier alpha value is -1.38. The van der Waals surface area contributed by atoms with Crippen LogP contribution in [0.5, 0.6) is 0 Å². The van der Waals surface area contributed by atoms with E-state index in [0.717, 1.165) is 6.04 Å². The monoisotopic (exact) mass is 270 g/mol. The smallest absolute Gasteiger partial charge is 0.144 e. The third kappa shape index (κ3) is 2.96. The first-order valence-electron chi connectivity index (χ1n) is 7.05. The number of rotatable bonds is 6. The zero-order chi connectivity index (χ0) is 13.6. The fourth-order valence-corrected chi connectivity index (χ4v) is 6.76. The highest BCUT2D eigenvalue weighted by Gasteiger charge is 2.35. The first-order chi connectivity index (χ1) is 9.33. The topological polar surface area (TPSA) is 20.2 Å². The predicted octanol–water partition coefficient (Wildman–Crippen LogP) is 2.58. The second kappa shape index (κ2) is 6.69. The van der Waals surface area contributed by atoms with Gasteiger partial charge in [-0.3, -0.25) is 0 Å². The van der Waals surface area contributed by atoms with Crippen molar-refractivity contribution in [2.24, 2.45) is 0 Å². The summed E-state index contributed by atoms with van der Waals surface area (Å²) < 4.78 is 0. The number of aliphatic hydroxyl groups is 1. The van der Waals surface area contributed by atoms with E-state index < -0.39 is 8.07 Å². The Bertz CT molecular complexity index is 442. The van der Waals surface area contributed by atoms with Crippen LogP contribution in [0.1, 0.15) is 19.8 Å². The SMILES string of the molecule is CCCC[Si](CO)(c1ccccc1)c1ccccc1. The van der Waals surface area contributed by atoms with Crippen molar-refractivity contribution in [1.29, 1.82) is 0 Å². The Labute approximate surface area is 116 Å².